The van der Waals surface area contributed by atoms with Crippen LogP contribution in [-0.2, 0) is 4.79 Å². The van der Waals surface area contributed by atoms with Crippen LogP contribution in [0.2, 0.25) is 0 Å². The first-order chi connectivity index (χ1) is 9.61. The molecule has 2 saturated carbocycles. The van der Waals surface area contributed by atoms with E-state index in [1.54, 1.807) is 0 Å². The average Bonchev–Trinajstić information content (AvgIpc) is 3.03. The lowest BCUT2D eigenvalue weighted by Crippen LogP contribution is -2.46. The quantitative estimate of drug-likeness (QED) is 0.857. The van der Waals surface area contributed by atoms with Crippen molar-refractivity contribution in [2.45, 2.75) is 58.4 Å². The maximum Gasteiger partial charge on any atom is 0.234 e. The molecule has 0 aromatic rings. The van der Waals surface area contributed by atoms with Crippen LogP contribution in [0.25, 0.3) is 0 Å². The van der Waals surface area contributed by atoms with Crippen molar-refractivity contribution in [2.24, 2.45) is 23.7 Å². The summed E-state index contributed by atoms with van der Waals surface area (Å²) in [7, 11) is 0. The highest BCUT2D eigenvalue weighted by atomic mass is 16.2. The smallest absolute Gasteiger partial charge is 0.234 e. The third-order valence-electron chi connectivity index (χ3n) is 6.07. The summed E-state index contributed by atoms with van der Waals surface area (Å²) in [6, 6.07) is 0.376. The van der Waals surface area contributed by atoms with E-state index in [9.17, 15) is 4.79 Å². The van der Waals surface area contributed by atoms with E-state index in [0.29, 0.717) is 12.6 Å². The molecule has 1 aliphatic heterocycles. The number of carbonyl (C=O) groups is 1. The Bertz CT molecular complexity index is 349. The van der Waals surface area contributed by atoms with E-state index in [-0.39, 0.29) is 5.91 Å². The van der Waals surface area contributed by atoms with E-state index in [2.05, 4.69) is 24.1 Å². The van der Waals surface area contributed by atoms with Crippen molar-refractivity contribution >= 4 is 5.91 Å². The molecule has 3 rings (SSSR count). The summed E-state index contributed by atoms with van der Waals surface area (Å²) in [4.78, 5) is 14.5. The molecule has 4 atom stereocenters. The highest BCUT2D eigenvalue weighted by Crippen LogP contribution is 2.49. The minimum atomic E-state index is 0.245. The summed E-state index contributed by atoms with van der Waals surface area (Å²) >= 11 is 0. The van der Waals surface area contributed by atoms with Crippen molar-refractivity contribution in [2.75, 3.05) is 19.6 Å². The summed E-state index contributed by atoms with van der Waals surface area (Å²) in [5.41, 5.74) is 0. The van der Waals surface area contributed by atoms with Gasteiger partial charge >= 0.3 is 0 Å². The van der Waals surface area contributed by atoms with Gasteiger partial charge < -0.3 is 5.32 Å². The van der Waals surface area contributed by atoms with Crippen LogP contribution in [0.3, 0.4) is 0 Å². The fourth-order valence-corrected chi connectivity index (χ4v) is 4.74. The summed E-state index contributed by atoms with van der Waals surface area (Å²) in [5.74, 6) is 3.69. The minimum Gasteiger partial charge on any atom is -0.352 e. The van der Waals surface area contributed by atoms with E-state index >= 15 is 0 Å². The second kappa shape index (κ2) is 6.05. The fourth-order valence-electron chi connectivity index (χ4n) is 4.74. The second-order valence-corrected chi connectivity index (χ2v) is 7.65. The number of fused-ring (bicyclic) bond motifs is 2. The van der Waals surface area contributed by atoms with Crippen molar-refractivity contribution in [3.63, 3.8) is 0 Å². The lowest BCUT2D eigenvalue weighted by molar-refractivity contribution is -0.123. The number of nitrogens with zero attached hydrogens (tertiary/aromatic N) is 1. The number of carbonyl (C=O) groups excluding carboxylic acids is 1. The van der Waals surface area contributed by atoms with Gasteiger partial charge in [0.2, 0.25) is 5.91 Å². The zero-order valence-electron chi connectivity index (χ0n) is 13.1. The van der Waals surface area contributed by atoms with Crippen molar-refractivity contribution in [1.82, 2.24) is 10.2 Å². The standard InChI is InChI=1S/C17H30N2O/c1-12-5-7-19(8-6-12)11-17(20)18-13(2)16-10-14-3-4-15(16)9-14/h12-16H,3-11H2,1-2H3,(H,18,20). The number of rotatable bonds is 4. The maximum atomic E-state index is 12.2. The van der Waals surface area contributed by atoms with Gasteiger partial charge in [-0.1, -0.05) is 13.3 Å². The van der Waals surface area contributed by atoms with Crippen LogP contribution >= 0.6 is 0 Å². The largest absolute Gasteiger partial charge is 0.352 e. The van der Waals surface area contributed by atoms with E-state index < -0.39 is 0 Å². The van der Waals surface area contributed by atoms with E-state index in [1.165, 1.54) is 38.5 Å². The third kappa shape index (κ3) is 3.19. The van der Waals surface area contributed by atoms with E-state index in [4.69, 9.17) is 0 Å². The van der Waals surface area contributed by atoms with Crippen molar-refractivity contribution < 1.29 is 4.79 Å². The molecule has 114 valence electrons. The Labute approximate surface area is 123 Å². The molecule has 0 spiro atoms. The number of nitrogens with one attached hydrogen (secondary N) is 1. The highest BCUT2D eigenvalue weighted by molar-refractivity contribution is 5.78. The molecule has 3 nitrogen and oxygen atoms in total. The van der Waals surface area contributed by atoms with Gasteiger partial charge in [-0.05, 0) is 75.8 Å². The van der Waals surface area contributed by atoms with Crippen LogP contribution in [0.1, 0.15) is 52.4 Å². The monoisotopic (exact) mass is 278 g/mol. The Kier molecular flexibility index (Phi) is 4.34. The number of piperidine rings is 1. The van der Waals surface area contributed by atoms with E-state index in [1.807, 2.05) is 0 Å². The first-order valence-corrected chi connectivity index (χ1v) is 8.63. The molecule has 0 aromatic heterocycles. The molecule has 3 aliphatic rings. The number of hydrogen-bond acceptors (Lipinski definition) is 2. The topological polar surface area (TPSA) is 32.3 Å². The summed E-state index contributed by atoms with van der Waals surface area (Å²) in [6.07, 6.45) is 8.11. The normalized spacial score (nSPS) is 36.2. The Balaban J connectivity index is 1.42. The van der Waals surface area contributed by atoms with Gasteiger partial charge in [-0.3, -0.25) is 9.69 Å². The van der Waals surface area contributed by atoms with Gasteiger partial charge in [0.15, 0.2) is 0 Å². The predicted molar refractivity (Wildman–Crippen MR) is 81.4 cm³/mol. The zero-order valence-corrected chi connectivity index (χ0v) is 13.1. The van der Waals surface area contributed by atoms with Crippen LogP contribution < -0.4 is 5.32 Å². The summed E-state index contributed by atoms with van der Waals surface area (Å²) < 4.78 is 0. The summed E-state index contributed by atoms with van der Waals surface area (Å²) in [5, 5.41) is 3.28. The average molecular weight is 278 g/mol. The molecule has 2 aliphatic carbocycles. The molecule has 3 fully saturated rings. The lowest BCUT2D eigenvalue weighted by Gasteiger charge is -2.32. The summed E-state index contributed by atoms with van der Waals surface area (Å²) in [6.45, 7) is 7.34. The van der Waals surface area contributed by atoms with Crippen molar-refractivity contribution in [3.8, 4) is 0 Å². The molecule has 1 N–H and O–H groups in total. The third-order valence-corrected chi connectivity index (χ3v) is 6.07. The van der Waals surface area contributed by atoms with Gasteiger partial charge in [0.1, 0.15) is 0 Å². The van der Waals surface area contributed by atoms with E-state index in [0.717, 1.165) is 36.8 Å². The number of likely N-dealkylation sites (tertiary alicyclic amines) is 1. The molecule has 4 unspecified atom stereocenters. The molecular weight excluding hydrogens is 248 g/mol. The number of amides is 1. The molecule has 3 heteroatoms. The van der Waals surface area contributed by atoms with Gasteiger partial charge in [-0.2, -0.15) is 0 Å². The van der Waals surface area contributed by atoms with Gasteiger partial charge in [-0.15, -0.1) is 0 Å². The second-order valence-electron chi connectivity index (χ2n) is 7.65. The number of hydrogen-bond donors (Lipinski definition) is 1. The molecule has 1 amide bonds. The van der Waals surface area contributed by atoms with Crippen LogP contribution in [0, 0.1) is 23.7 Å². The SMILES string of the molecule is CC1CCN(CC(=O)NC(C)C2CC3CCC2C3)CC1. The Morgan fingerprint density at radius 1 is 1.20 bits per heavy atom. The van der Waals surface area contributed by atoms with Crippen LogP contribution in [0.5, 0.6) is 0 Å². The van der Waals surface area contributed by atoms with Gasteiger partial charge in [-0.25, -0.2) is 0 Å². The highest BCUT2D eigenvalue weighted by Gasteiger charge is 2.42. The van der Waals surface area contributed by atoms with Gasteiger partial charge in [0, 0.05) is 6.04 Å². The Morgan fingerprint density at radius 3 is 2.55 bits per heavy atom. The first kappa shape index (κ1) is 14.4. The van der Waals surface area contributed by atoms with Crippen molar-refractivity contribution in [3.05, 3.63) is 0 Å². The molecule has 1 heterocycles. The lowest BCUT2D eigenvalue weighted by atomic mass is 9.84. The van der Waals surface area contributed by atoms with Crippen LogP contribution in [0.15, 0.2) is 0 Å². The molecule has 2 bridgehead atoms. The van der Waals surface area contributed by atoms with Crippen LogP contribution in [-0.4, -0.2) is 36.5 Å². The fraction of sp³-hybridized carbons (Fsp3) is 0.941. The van der Waals surface area contributed by atoms with Gasteiger partial charge in [0.05, 0.1) is 6.54 Å². The molecule has 0 aromatic carbocycles. The maximum absolute atomic E-state index is 12.2. The Morgan fingerprint density at radius 2 is 1.95 bits per heavy atom. The molecule has 0 radical (unpaired) electrons. The zero-order chi connectivity index (χ0) is 14.1. The predicted octanol–water partition coefficient (Wildman–Crippen LogP) is 2.66. The minimum absolute atomic E-state index is 0.245. The molecule has 20 heavy (non-hydrogen) atoms. The van der Waals surface area contributed by atoms with Crippen molar-refractivity contribution in [1.29, 1.82) is 0 Å². The first-order valence-electron chi connectivity index (χ1n) is 8.63. The molecular formula is C17H30N2O. The molecule has 1 saturated heterocycles. The van der Waals surface area contributed by atoms with Gasteiger partial charge in [0.25, 0.3) is 0 Å². The Hall–Kier alpha value is -0.570. The van der Waals surface area contributed by atoms with Crippen LogP contribution in [0.4, 0.5) is 0 Å².